The highest BCUT2D eigenvalue weighted by Gasteiger charge is 2.22. The number of nitrogens with zero attached hydrogens (tertiary/aromatic N) is 1. The molecule has 1 saturated heterocycles. The lowest BCUT2D eigenvalue weighted by Crippen LogP contribution is -2.40. The number of hydrogen-bond donors (Lipinski definition) is 2. The zero-order chi connectivity index (χ0) is 15.9. The van der Waals surface area contributed by atoms with Gasteiger partial charge in [-0.2, -0.15) is 0 Å². The van der Waals surface area contributed by atoms with Crippen LogP contribution in [0.15, 0.2) is 24.3 Å². The molecule has 1 fully saturated rings. The van der Waals surface area contributed by atoms with Crippen molar-refractivity contribution in [1.82, 2.24) is 4.90 Å². The predicted octanol–water partition coefficient (Wildman–Crippen LogP) is 2.86. The highest BCUT2D eigenvalue weighted by atomic mass is 35.5. The molecule has 0 aromatic heterocycles. The van der Waals surface area contributed by atoms with Crippen molar-refractivity contribution in [1.29, 1.82) is 0 Å². The van der Waals surface area contributed by atoms with Crippen molar-refractivity contribution in [3.63, 3.8) is 0 Å². The third kappa shape index (κ3) is 5.66. The number of hydrogen-bond acceptors (Lipinski definition) is 3. The number of nitrogens with one attached hydrogen (secondary N) is 1. The van der Waals surface area contributed by atoms with Crippen LogP contribution in [0.4, 0.5) is 5.69 Å². The van der Waals surface area contributed by atoms with Gasteiger partial charge in [0.05, 0.1) is 6.54 Å². The molecule has 120 valence electrons. The van der Waals surface area contributed by atoms with Crippen molar-refractivity contribution >= 4 is 29.2 Å². The van der Waals surface area contributed by atoms with Crippen LogP contribution in [0.25, 0.3) is 0 Å². The van der Waals surface area contributed by atoms with E-state index in [1.54, 1.807) is 24.3 Å². The number of rotatable bonds is 6. The summed E-state index contributed by atoms with van der Waals surface area (Å²) in [6.45, 7) is 2.02. The minimum absolute atomic E-state index is 0.0544. The second-order valence-electron chi connectivity index (χ2n) is 5.73. The van der Waals surface area contributed by atoms with Gasteiger partial charge in [-0.25, -0.2) is 0 Å². The van der Waals surface area contributed by atoms with Crippen LogP contribution >= 0.6 is 11.6 Å². The number of halogens is 1. The van der Waals surface area contributed by atoms with Crippen LogP contribution in [0.3, 0.4) is 0 Å². The van der Waals surface area contributed by atoms with E-state index in [1.165, 1.54) is 0 Å². The number of benzene rings is 1. The summed E-state index contributed by atoms with van der Waals surface area (Å²) in [6, 6.07) is 7.01. The topological polar surface area (TPSA) is 69.6 Å². The van der Waals surface area contributed by atoms with E-state index in [1.807, 2.05) is 0 Å². The summed E-state index contributed by atoms with van der Waals surface area (Å²) in [4.78, 5) is 24.8. The van der Waals surface area contributed by atoms with Gasteiger partial charge in [-0.15, -0.1) is 0 Å². The number of carboxylic acids is 1. The fourth-order valence-corrected chi connectivity index (χ4v) is 2.92. The van der Waals surface area contributed by atoms with Crippen molar-refractivity contribution in [3.05, 3.63) is 29.3 Å². The zero-order valence-electron chi connectivity index (χ0n) is 12.4. The highest BCUT2D eigenvalue weighted by Crippen LogP contribution is 2.21. The molecule has 0 spiro atoms. The molecule has 1 heterocycles. The fraction of sp³-hybridized carbons (Fsp3) is 0.500. The molecule has 0 saturated carbocycles. The monoisotopic (exact) mass is 324 g/mol. The molecule has 1 amide bonds. The largest absolute Gasteiger partial charge is 0.481 e. The Morgan fingerprint density at radius 1 is 1.32 bits per heavy atom. The summed E-state index contributed by atoms with van der Waals surface area (Å²) in [5.74, 6) is -0.438. The fourth-order valence-electron chi connectivity index (χ4n) is 2.79. The Hall–Kier alpha value is -1.59. The van der Waals surface area contributed by atoms with Crippen LogP contribution in [0.1, 0.15) is 25.7 Å². The molecule has 2 N–H and O–H groups in total. The smallest absolute Gasteiger partial charge is 0.303 e. The Balaban J connectivity index is 1.78. The van der Waals surface area contributed by atoms with E-state index in [9.17, 15) is 9.59 Å². The van der Waals surface area contributed by atoms with Crippen LogP contribution in [-0.4, -0.2) is 41.5 Å². The van der Waals surface area contributed by atoms with Gasteiger partial charge in [0.25, 0.3) is 0 Å². The van der Waals surface area contributed by atoms with E-state index in [2.05, 4.69) is 10.2 Å². The Morgan fingerprint density at radius 3 is 2.73 bits per heavy atom. The first-order chi connectivity index (χ1) is 10.5. The van der Waals surface area contributed by atoms with Gasteiger partial charge in [-0.05, 0) is 56.0 Å². The lowest BCUT2D eigenvalue weighted by molar-refractivity contribution is -0.137. The first-order valence-electron chi connectivity index (χ1n) is 7.52. The number of amides is 1. The van der Waals surface area contributed by atoms with Crippen LogP contribution in [-0.2, 0) is 9.59 Å². The maximum absolute atomic E-state index is 12.1. The van der Waals surface area contributed by atoms with Crippen molar-refractivity contribution in [3.8, 4) is 0 Å². The van der Waals surface area contributed by atoms with Gasteiger partial charge in [-0.3, -0.25) is 14.5 Å². The summed E-state index contributed by atoms with van der Waals surface area (Å²) >= 11 is 5.81. The average molecular weight is 325 g/mol. The molecule has 1 atom stereocenters. The SMILES string of the molecule is O=C(O)CCC1CCCN(CC(=O)Nc2ccc(Cl)cc2)C1. The van der Waals surface area contributed by atoms with Gasteiger partial charge < -0.3 is 10.4 Å². The first-order valence-corrected chi connectivity index (χ1v) is 7.90. The lowest BCUT2D eigenvalue weighted by Gasteiger charge is -2.32. The number of carboxylic acid groups (broad SMARTS) is 1. The van der Waals surface area contributed by atoms with E-state index in [-0.39, 0.29) is 12.3 Å². The zero-order valence-corrected chi connectivity index (χ0v) is 13.2. The minimum atomic E-state index is -0.752. The molecular formula is C16H21ClN2O3. The quantitative estimate of drug-likeness (QED) is 0.844. The number of piperidine rings is 1. The van der Waals surface area contributed by atoms with E-state index in [0.29, 0.717) is 23.9 Å². The molecular weight excluding hydrogens is 304 g/mol. The molecule has 0 aliphatic carbocycles. The third-order valence-corrected chi connectivity index (χ3v) is 4.12. The predicted molar refractivity (Wildman–Crippen MR) is 86.1 cm³/mol. The molecule has 2 rings (SSSR count). The van der Waals surface area contributed by atoms with Crippen molar-refractivity contribution < 1.29 is 14.7 Å². The Kier molecular flexibility index (Phi) is 6.21. The Morgan fingerprint density at radius 2 is 2.05 bits per heavy atom. The van der Waals surface area contributed by atoms with Gasteiger partial charge in [0.1, 0.15) is 0 Å². The molecule has 5 nitrogen and oxygen atoms in total. The van der Waals surface area contributed by atoms with Crippen molar-refractivity contribution in [2.75, 3.05) is 25.0 Å². The summed E-state index contributed by atoms with van der Waals surface area (Å²) in [5.41, 5.74) is 0.730. The van der Waals surface area contributed by atoms with Crippen molar-refractivity contribution in [2.24, 2.45) is 5.92 Å². The van der Waals surface area contributed by atoms with Crippen LogP contribution in [0.2, 0.25) is 5.02 Å². The molecule has 1 aromatic carbocycles. The highest BCUT2D eigenvalue weighted by molar-refractivity contribution is 6.30. The van der Waals surface area contributed by atoms with Crippen LogP contribution in [0, 0.1) is 5.92 Å². The molecule has 6 heteroatoms. The molecule has 1 unspecified atom stereocenters. The second kappa shape index (κ2) is 8.15. The standard InChI is InChI=1S/C16H21ClN2O3/c17-13-4-6-14(7-5-13)18-15(20)11-19-9-1-2-12(10-19)3-8-16(21)22/h4-7,12H,1-3,8-11H2,(H,18,20)(H,21,22). The Labute approximate surface area is 135 Å². The molecule has 0 bridgehead atoms. The molecule has 1 aliphatic heterocycles. The number of aliphatic carboxylic acids is 1. The minimum Gasteiger partial charge on any atom is -0.481 e. The molecule has 1 aliphatic rings. The Bertz CT molecular complexity index is 519. The maximum atomic E-state index is 12.1. The van der Waals surface area contributed by atoms with Gasteiger partial charge in [0.2, 0.25) is 5.91 Å². The number of carbonyl (C=O) groups is 2. The summed E-state index contributed by atoms with van der Waals surface area (Å²) < 4.78 is 0. The van der Waals surface area contributed by atoms with Crippen LogP contribution < -0.4 is 5.32 Å². The van der Waals surface area contributed by atoms with Gasteiger partial charge in [0, 0.05) is 23.7 Å². The number of likely N-dealkylation sites (tertiary alicyclic amines) is 1. The van der Waals surface area contributed by atoms with Gasteiger partial charge in [-0.1, -0.05) is 11.6 Å². The van der Waals surface area contributed by atoms with E-state index >= 15 is 0 Å². The van der Waals surface area contributed by atoms with E-state index in [0.717, 1.165) is 31.6 Å². The number of anilines is 1. The summed E-state index contributed by atoms with van der Waals surface area (Å²) in [5, 5.41) is 12.2. The van der Waals surface area contributed by atoms with Gasteiger partial charge in [0.15, 0.2) is 0 Å². The van der Waals surface area contributed by atoms with E-state index < -0.39 is 5.97 Å². The molecule has 1 aromatic rings. The average Bonchev–Trinajstić information content (AvgIpc) is 2.48. The normalized spacial score (nSPS) is 18.9. The molecule has 22 heavy (non-hydrogen) atoms. The maximum Gasteiger partial charge on any atom is 0.303 e. The van der Waals surface area contributed by atoms with E-state index in [4.69, 9.17) is 16.7 Å². The third-order valence-electron chi connectivity index (χ3n) is 3.86. The van der Waals surface area contributed by atoms with Crippen molar-refractivity contribution in [2.45, 2.75) is 25.7 Å². The lowest BCUT2D eigenvalue weighted by atomic mass is 9.93. The van der Waals surface area contributed by atoms with Gasteiger partial charge >= 0.3 is 5.97 Å². The first kappa shape index (κ1) is 16.8. The second-order valence-corrected chi connectivity index (χ2v) is 6.17. The molecule has 0 radical (unpaired) electrons. The van der Waals surface area contributed by atoms with Crippen LogP contribution in [0.5, 0.6) is 0 Å². The summed E-state index contributed by atoms with van der Waals surface area (Å²) in [7, 11) is 0. The summed E-state index contributed by atoms with van der Waals surface area (Å²) in [6.07, 6.45) is 2.95. The number of carbonyl (C=O) groups excluding carboxylic acids is 1.